The Morgan fingerprint density at radius 1 is 1.26 bits per heavy atom. The molecule has 0 aromatic carbocycles. The Bertz CT molecular complexity index is 452. The highest BCUT2D eigenvalue weighted by Gasteiger charge is 2.40. The van der Waals surface area contributed by atoms with Gasteiger partial charge in [0.2, 0.25) is 0 Å². The number of hydrogen-bond acceptors (Lipinski definition) is 5. The Kier molecular flexibility index (Phi) is 2.92. The molecule has 4 rings (SSSR count). The standard InChI is InChI=1S/C14H19N3O2/c1-2-4-11-10(3-1)13-14(12-9-18-7-5-15-12)19-8-6-17(13)16-11/h1-4,11-12,14-16H,5-9H2. The Hall–Kier alpha value is -1.14. The summed E-state index contributed by atoms with van der Waals surface area (Å²) in [6.07, 6.45) is 8.66. The second kappa shape index (κ2) is 4.76. The number of allylic oxidation sites excluding steroid dienone is 2. The molecule has 102 valence electrons. The molecule has 2 fully saturated rings. The van der Waals surface area contributed by atoms with Gasteiger partial charge in [-0.3, -0.25) is 0 Å². The molecule has 0 radical (unpaired) electrons. The zero-order chi connectivity index (χ0) is 12.7. The van der Waals surface area contributed by atoms with Crippen LogP contribution in [-0.4, -0.2) is 56.1 Å². The largest absolute Gasteiger partial charge is 0.378 e. The molecule has 5 heteroatoms. The zero-order valence-corrected chi connectivity index (χ0v) is 10.8. The van der Waals surface area contributed by atoms with Crippen LogP contribution in [0.3, 0.4) is 0 Å². The third-order valence-electron chi connectivity index (χ3n) is 4.10. The fraction of sp³-hybridized carbons (Fsp3) is 0.571. The lowest BCUT2D eigenvalue weighted by molar-refractivity contribution is -0.0501. The van der Waals surface area contributed by atoms with Crippen molar-refractivity contribution in [2.45, 2.75) is 18.2 Å². The van der Waals surface area contributed by atoms with Crippen molar-refractivity contribution in [1.82, 2.24) is 15.8 Å². The summed E-state index contributed by atoms with van der Waals surface area (Å²) in [6.45, 7) is 4.08. The number of hydrogen-bond donors (Lipinski definition) is 2. The summed E-state index contributed by atoms with van der Waals surface area (Å²) >= 11 is 0. The number of fused-ring (bicyclic) bond motifs is 2. The van der Waals surface area contributed by atoms with Crippen molar-refractivity contribution in [3.63, 3.8) is 0 Å². The Labute approximate surface area is 112 Å². The third kappa shape index (κ3) is 1.94. The van der Waals surface area contributed by atoms with Gasteiger partial charge < -0.3 is 19.8 Å². The molecule has 1 aliphatic carbocycles. The van der Waals surface area contributed by atoms with E-state index in [0.29, 0.717) is 6.04 Å². The van der Waals surface area contributed by atoms with Gasteiger partial charge in [0.15, 0.2) is 0 Å². The van der Waals surface area contributed by atoms with Crippen molar-refractivity contribution in [3.05, 3.63) is 35.6 Å². The van der Waals surface area contributed by atoms with Crippen LogP contribution in [0.5, 0.6) is 0 Å². The number of hydrazine groups is 1. The molecule has 0 spiro atoms. The zero-order valence-electron chi connectivity index (χ0n) is 10.8. The van der Waals surface area contributed by atoms with Gasteiger partial charge >= 0.3 is 0 Å². The molecule has 0 aromatic rings. The van der Waals surface area contributed by atoms with Gasteiger partial charge in [-0.25, -0.2) is 5.43 Å². The molecule has 3 heterocycles. The van der Waals surface area contributed by atoms with Gasteiger partial charge in [-0.05, 0) is 5.57 Å². The van der Waals surface area contributed by atoms with E-state index in [9.17, 15) is 0 Å². The smallest absolute Gasteiger partial charge is 0.116 e. The molecule has 5 nitrogen and oxygen atoms in total. The van der Waals surface area contributed by atoms with Crippen LogP contribution in [0.4, 0.5) is 0 Å². The quantitative estimate of drug-likeness (QED) is 0.692. The Morgan fingerprint density at radius 3 is 3.16 bits per heavy atom. The van der Waals surface area contributed by atoms with Crippen molar-refractivity contribution in [2.24, 2.45) is 0 Å². The van der Waals surface area contributed by atoms with Crippen LogP contribution in [-0.2, 0) is 9.47 Å². The number of rotatable bonds is 1. The molecular formula is C14H19N3O2. The lowest BCUT2D eigenvalue weighted by Gasteiger charge is -2.39. The van der Waals surface area contributed by atoms with E-state index in [1.165, 1.54) is 11.3 Å². The van der Waals surface area contributed by atoms with Crippen molar-refractivity contribution in [3.8, 4) is 0 Å². The van der Waals surface area contributed by atoms with Crippen LogP contribution in [0.1, 0.15) is 0 Å². The molecule has 0 saturated carbocycles. The van der Waals surface area contributed by atoms with E-state index in [0.717, 1.165) is 32.9 Å². The fourth-order valence-corrected chi connectivity index (χ4v) is 3.23. The van der Waals surface area contributed by atoms with Crippen molar-refractivity contribution in [2.75, 3.05) is 32.9 Å². The van der Waals surface area contributed by atoms with Gasteiger partial charge in [-0.2, -0.15) is 0 Å². The highest BCUT2D eigenvalue weighted by atomic mass is 16.5. The molecule has 3 unspecified atom stereocenters. The van der Waals surface area contributed by atoms with E-state index >= 15 is 0 Å². The van der Waals surface area contributed by atoms with Gasteiger partial charge in [0, 0.05) is 6.54 Å². The maximum Gasteiger partial charge on any atom is 0.116 e. The van der Waals surface area contributed by atoms with Gasteiger partial charge in [0.25, 0.3) is 0 Å². The monoisotopic (exact) mass is 261 g/mol. The van der Waals surface area contributed by atoms with E-state index < -0.39 is 0 Å². The minimum atomic E-state index is 0.0812. The van der Waals surface area contributed by atoms with Crippen LogP contribution in [0.25, 0.3) is 0 Å². The average molecular weight is 261 g/mol. The number of ether oxygens (including phenoxy) is 2. The maximum atomic E-state index is 6.04. The number of nitrogens with zero attached hydrogens (tertiary/aromatic N) is 1. The maximum absolute atomic E-state index is 6.04. The van der Waals surface area contributed by atoms with Gasteiger partial charge in [-0.1, -0.05) is 24.3 Å². The topological polar surface area (TPSA) is 45.8 Å². The second-order valence-electron chi connectivity index (χ2n) is 5.27. The first-order valence-electron chi connectivity index (χ1n) is 6.99. The predicted octanol–water partition coefficient (Wildman–Crippen LogP) is -0.0575. The molecule has 0 amide bonds. The lowest BCUT2D eigenvalue weighted by atomic mass is 9.96. The van der Waals surface area contributed by atoms with Crippen LogP contribution in [0, 0.1) is 0 Å². The summed E-state index contributed by atoms with van der Waals surface area (Å²) in [5, 5.41) is 5.77. The van der Waals surface area contributed by atoms with Crippen LogP contribution >= 0.6 is 0 Å². The predicted molar refractivity (Wildman–Crippen MR) is 71.3 cm³/mol. The highest BCUT2D eigenvalue weighted by Crippen LogP contribution is 2.32. The molecule has 4 aliphatic rings. The van der Waals surface area contributed by atoms with E-state index in [1.807, 2.05) is 0 Å². The Morgan fingerprint density at radius 2 is 2.26 bits per heavy atom. The molecule has 0 aromatic heterocycles. The summed E-state index contributed by atoms with van der Waals surface area (Å²) in [6, 6.07) is 0.549. The summed E-state index contributed by atoms with van der Waals surface area (Å²) < 4.78 is 11.6. The Balaban J connectivity index is 1.67. The SMILES string of the molecule is C1=CC2=C3C(C4COCCN4)OCCN3NC2C=C1. The molecule has 2 N–H and O–H groups in total. The lowest BCUT2D eigenvalue weighted by Crippen LogP contribution is -2.56. The average Bonchev–Trinajstić information content (AvgIpc) is 2.86. The summed E-state index contributed by atoms with van der Waals surface area (Å²) in [4.78, 5) is 0. The van der Waals surface area contributed by atoms with Crippen LogP contribution in [0.15, 0.2) is 35.6 Å². The molecule has 2 saturated heterocycles. The highest BCUT2D eigenvalue weighted by molar-refractivity contribution is 5.44. The number of morpholine rings is 2. The van der Waals surface area contributed by atoms with E-state index in [-0.39, 0.29) is 12.1 Å². The first kappa shape index (κ1) is 11.7. The fourth-order valence-electron chi connectivity index (χ4n) is 3.23. The first-order valence-corrected chi connectivity index (χ1v) is 6.99. The molecule has 19 heavy (non-hydrogen) atoms. The minimum Gasteiger partial charge on any atom is -0.378 e. The summed E-state index contributed by atoms with van der Waals surface area (Å²) in [5.74, 6) is 0. The molecule has 3 aliphatic heterocycles. The van der Waals surface area contributed by atoms with Crippen molar-refractivity contribution < 1.29 is 9.47 Å². The summed E-state index contributed by atoms with van der Waals surface area (Å²) in [5.41, 5.74) is 6.15. The molecule has 3 atom stereocenters. The van der Waals surface area contributed by atoms with Crippen molar-refractivity contribution >= 4 is 0 Å². The molecular weight excluding hydrogens is 242 g/mol. The normalized spacial score (nSPS) is 37.5. The van der Waals surface area contributed by atoms with E-state index in [2.05, 4.69) is 40.1 Å². The van der Waals surface area contributed by atoms with Gasteiger partial charge in [0.05, 0.1) is 44.1 Å². The van der Waals surface area contributed by atoms with Gasteiger partial charge in [-0.15, -0.1) is 0 Å². The first-order chi connectivity index (χ1) is 9.43. The summed E-state index contributed by atoms with van der Waals surface area (Å²) in [7, 11) is 0. The third-order valence-corrected chi connectivity index (χ3v) is 4.10. The van der Waals surface area contributed by atoms with Crippen LogP contribution < -0.4 is 10.7 Å². The van der Waals surface area contributed by atoms with Gasteiger partial charge in [0.1, 0.15) is 6.10 Å². The van der Waals surface area contributed by atoms with Crippen LogP contribution in [0.2, 0.25) is 0 Å². The van der Waals surface area contributed by atoms with E-state index in [1.54, 1.807) is 0 Å². The second-order valence-corrected chi connectivity index (χ2v) is 5.27. The van der Waals surface area contributed by atoms with Crippen molar-refractivity contribution in [1.29, 1.82) is 0 Å². The molecule has 0 bridgehead atoms. The minimum absolute atomic E-state index is 0.0812. The number of nitrogens with one attached hydrogen (secondary N) is 2. The van der Waals surface area contributed by atoms with E-state index in [4.69, 9.17) is 9.47 Å².